The maximum atomic E-state index is 6.75. The van der Waals surface area contributed by atoms with Crippen LogP contribution in [0.4, 0.5) is 0 Å². The third-order valence-corrected chi connectivity index (χ3v) is 6.33. The Bertz CT molecular complexity index is 1080. The van der Waals surface area contributed by atoms with E-state index >= 15 is 0 Å². The molecule has 0 saturated heterocycles. The molecule has 0 bridgehead atoms. The molecule has 0 aliphatic heterocycles. The Morgan fingerprint density at radius 1 is 0.926 bits per heavy atom. The highest BCUT2D eigenvalue weighted by Crippen LogP contribution is 2.41. The number of nitrogens with two attached hydrogens (primary N) is 1. The first kappa shape index (κ1) is 16.8. The predicted octanol–water partition coefficient (Wildman–Crippen LogP) is 5.95. The molecule has 27 heavy (non-hydrogen) atoms. The number of allylic oxidation sites excluding steroid dienone is 2. The summed E-state index contributed by atoms with van der Waals surface area (Å²) in [7, 11) is 0. The largest absolute Gasteiger partial charge is 0.324 e. The normalized spacial score (nSPS) is 21.3. The van der Waals surface area contributed by atoms with Gasteiger partial charge in [0, 0.05) is 17.0 Å². The first-order valence-corrected chi connectivity index (χ1v) is 10.0. The third kappa shape index (κ3) is 2.92. The van der Waals surface area contributed by atoms with Crippen molar-refractivity contribution in [2.75, 3.05) is 0 Å². The van der Waals surface area contributed by atoms with Crippen molar-refractivity contribution in [2.45, 2.75) is 25.3 Å². The SMILES string of the molecule is NC1C2=C(C=CC1Cc1ccc(Cl)cc1)c1ccc3ccccc3c1CC2. The van der Waals surface area contributed by atoms with Gasteiger partial charge in [0.2, 0.25) is 0 Å². The molecule has 0 amide bonds. The van der Waals surface area contributed by atoms with Gasteiger partial charge < -0.3 is 5.73 Å². The molecule has 0 fully saturated rings. The molecule has 3 aromatic carbocycles. The zero-order valence-corrected chi connectivity index (χ0v) is 15.9. The summed E-state index contributed by atoms with van der Waals surface area (Å²) >= 11 is 6.02. The van der Waals surface area contributed by atoms with Crippen molar-refractivity contribution in [2.24, 2.45) is 11.7 Å². The number of aryl methyl sites for hydroxylation is 1. The van der Waals surface area contributed by atoms with Crippen molar-refractivity contribution >= 4 is 27.9 Å². The van der Waals surface area contributed by atoms with Crippen molar-refractivity contribution in [3.63, 3.8) is 0 Å². The second-order valence-corrected chi connectivity index (χ2v) is 8.07. The fourth-order valence-electron chi connectivity index (χ4n) is 4.65. The average molecular weight is 372 g/mol. The molecule has 5 rings (SSSR count). The number of rotatable bonds is 2. The molecule has 0 radical (unpaired) electrons. The number of halogens is 1. The van der Waals surface area contributed by atoms with E-state index in [1.807, 2.05) is 12.1 Å². The molecule has 134 valence electrons. The Kier molecular flexibility index (Phi) is 4.15. The van der Waals surface area contributed by atoms with Crippen LogP contribution >= 0.6 is 11.6 Å². The number of benzene rings is 3. The van der Waals surface area contributed by atoms with Crippen LogP contribution in [0.25, 0.3) is 16.3 Å². The minimum Gasteiger partial charge on any atom is -0.324 e. The van der Waals surface area contributed by atoms with Gasteiger partial charge in [-0.2, -0.15) is 0 Å². The predicted molar refractivity (Wildman–Crippen MR) is 115 cm³/mol. The summed E-state index contributed by atoms with van der Waals surface area (Å²) in [6.07, 6.45) is 7.70. The summed E-state index contributed by atoms with van der Waals surface area (Å²) < 4.78 is 0. The molecule has 0 heterocycles. The van der Waals surface area contributed by atoms with Crippen molar-refractivity contribution < 1.29 is 0 Å². The number of hydrogen-bond acceptors (Lipinski definition) is 1. The Balaban J connectivity index is 1.49. The van der Waals surface area contributed by atoms with Crippen LogP contribution in [-0.4, -0.2) is 6.04 Å². The van der Waals surface area contributed by atoms with Gasteiger partial charge in [-0.05, 0) is 70.0 Å². The van der Waals surface area contributed by atoms with E-state index in [0.29, 0.717) is 5.92 Å². The topological polar surface area (TPSA) is 26.0 Å². The Hall–Kier alpha value is -2.35. The lowest BCUT2D eigenvalue weighted by atomic mass is 9.73. The molecule has 2 heteroatoms. The fourth-order valence-corrected chi connectivity index (χ4v) is 4.78. The van der Waals surface area contributed by atoms with Crippen LogP contribution < -0.4 is 5.73 Å². The maximum Gasteiger partial charge on any atom is 0.0406 e. The van der Waals surface area contributed by atoms with Gasteiger partial charge in [0.1, 0.15) is 0 Å². The van der Waals surface area contributed by atoms with E-state index in [4.69, 9.17) is 17.3 Å². The summed E-state index contributed by atoms with van der Waals surface area (Å²) in [5.41, 5.74) is 13.6. The van der Waals surface area contributed by atoms with E-state index < -0.39 is 0 Å². The molecule has 2 atom stereocenters. The van der Waals surface area contributed by atoms with Gasteiger partial charge in [-0.3, -0.25) is 0 Å². The van der Waals surface area contributed by atoms with Gasteiger partial charge in [-0.15, -0.1) is 0 Å². The Labute approximate surface area is 165 Å². The van der Waals surface area contributed by atoms with Gasteiger partial charge in [0.15, 0.2) is 0 Å². The van der Waals surface area contributed by atoms with Gasteiger partial charge in [0.25, 0.3) is 0 Å². The van der Waals surface area contributed by atoms with Crippen molar-refractivity contribution in [1.29, 1.82) is 0 Å². The van der Waals surface area contributed by atoms with E-state index in [1.54, 1.807) is 0 Å². The van der Waals surface area contributed by atoms with Crippen LogP contribution in [0.3, 0.4) is 0 Å². The zero-order valence-electron chi connectivity index (χ0n) is 15.2. The molecule has 3 aromatic rings. The summed E-state index contributed by atoms with van der Waals surface area (Å²) in [5, 5.41) is 3.49. The van der Waals surface area contributed by atoms with Gasteiger partial charge in [-0.25, -0.2) is 0 Å². The van der Waals surface area contributed by atoms with E-state index in [9.17, 15) is 0 Å². The van der Waals surface area contributed by atoms with Crippen LogP contribution in [0.15, 0.2) is 78.4 Å². The van der Waals surface area contributed by atoms with E-state index in [2.05, 4.69) is 60.7 Å². The zero-order chi connectivity index (χ0) is 18.4. The van der Waals surface area contributed by atoms with Crippen molar-refractivity contribution in [3.8, 4) is 0 Å². The lowest BCUT2D eigenvalue weighted by molar-refractivity contribution is 0.531. The molecule has 1 nitrogen and oxygen atoms in total. The van der Waals surface area contributed by atoms with Crippen LogP contribution in [-0.2, 0) is 12.8 Å². The second kappa shape index (κ2) is 6.67. The lowest BCUT2D eigenvalue weighted by Gasteiger charge is -2.33. The molecule has 0 spiro atoms. The fraction of sp³-hybridized carbons (Fsp3) is 0.200. The standard InChI is InChI=1S/C25H22ClN/c26-19-9-5-16(6-10-19)15-18-8-12-23-22-11-7-17-3-1-2-4-20(17)21(22)13-14-24(23)25(18)27/h1-12,18,25H,13-15,27H2. The minimum atomic E-state index is 0.0836. The molecule has 0 aromatic heterocycles. The van der Waals surface area contributed by atoms with Crippen molar-refractivity contribution in [3.05, 3.63) is 100 Å². The Morgan fingerprint density at radius 3 is 2.59 bits per heavy atom. The van der Waals surface area contributed by atoms with Gasteiger partial charge in [0.05, 0.1) is 0 Å². The smallest absolute Gasteiger partial charge is 0.0406 e. The molecule has 2 aliphatic carbocycles. The van der Waals surface area contributed by atoms with E-state index in [-0.39, 0.29) is 6.04 Å². The maximum absolute atomic E-state index is 6.75. The number of hydrogen-bond donors (Lipinski definition) is 1. The first-order chi connectivity index (χ1) is 13.2. The van der Waals surface area contributed by atoms with E-state index in [0.717, 1.165) is 24.3 Å². The summed E-state index contributed by atoms with van der Waals surface area (Å²) in [4.78, 5) is 0. The molecule has 2 N–H and O–H groups in total. The van der Waals surface area contributed by atoms with E-state index in [1.165, 1.54) is 38.6 Å². The summed E-state index contributed by atoms with van der Waals surface area (Å²) in [5.74, 6) is 0.340. The summed E-state index contributed by atoms with van der Waals surface area (Å²) in [6, 6.07) is 21.4. The van der Waals surface area contributed by atoms with Crippen LogP contribution in [0, 0.1) is 5.92 Å². The highest BCUT2D eigenvalue weighted by molar-refractivity contribution is 6.30. The third-order valence-electron chi connectivity index (χ3n) is 6.08. The lowest BCUT2D eigenvalue weighted by Crippen LogP contribution is -2.36. The van der Waals surface area contributed by atoms with Crippen LogP contribution in [0.1, 0.15) is 23.1 Å². The first-order valence-electron chi connectivity index (χ1n) is 9.63. The monoisotopic (exact) mass is 371 g/mol. The molecule has 0 saturated carbocycles. The highest BCUT2D eigenvalue weighted by Gasteiger charge is 2.29. The average Bonchev–Trinajstić information content (AvgIpc) is 2.71. The van der Waals surface area contributed by atoms with Crippen LogP contribution in [0.5, 0.6) is 0 Å². The molecular weight excluding hydrogens is 350 g/mol. The van der Waals surface area contributed by atoms with Gasteiger partial charge in [-0.1, -0.05) is 72.3 Å². The molecule has 2 aliphatic rings. The molecule has 2 unspecified atom stereocenters. The van der Waals surface area contributed by atoms with Gasteiger partial charge >= 0.3 is 0 Å². The molecular formula is C25H22ClN. The Morgan fingerprint density at radius 2 is 1.74 bits per heavy atom. The minimum absolute atomic E-state index is 0.0836. The second-order valence-electron chi connectivity index (χ2n) is 7.63. The highest BCUT2D eigenvalue weighted by atomic mass is 35.5. The van der Waals surface area contributed by atoms with Crippen molar-refractivity contribution in [1.82, 2.24) is 0 Å². The van der Waals surface area contributed by atoms with Crippen LogP contribution in [0.2, 0.25) is 5.02 Å². The quantitative estimate of drug-likeness (QED) is 0.591. The summed E-state index contributed by atoms with van der Waals surface area (Å²) in [6.45, 7) is 0. The number of fused-ring (bicyclic) bond motifs is 4.